The van der Waals surface area contributed by atoms with Crippen LogP contribution in [0, 0.1) is 11.8 Å². The molecule has 2 fully saturated rings. The molecule has 21 heavy (non-hydrogen) atoms. The molecule has 1 aromatic carbocycles. The Kier molecular flexibility index (Phi) is 2.87. The Morgan fingerprint density at radius 3 is 2.90 bits per heavy atom. The Morgan fingerprint density at radius 1 is 1.29 bits per heavy atom. The van der Waals surface area contributed by atoms with Crippen molar-refractivity contribution in [2.45, 2.75) is 31.6 Å². The van der Waals surface area contributed by atoms with E-state index in [1.54, 1.807) is 13.2 Å². The number of methoxy groups -OCH3 is 1. The third-order valence-corrected chi connectivity index (χ3v) is 4.97. The molecule has 0 radical (unpaired) electrons. The summed E-state index contributed by atoms with van der Waals surface area (Å²) in [6.07, 6.45) is 5.23. The average molecular weight is 285 g/mol. The topological polar surface area (TPSA) is 74.2 Å². The van der Waals surface area contributed by atoms with Gasteiger partial charge in [0.15, 0.2) is 5.82 Å². The first kappa shape index (κ1) is 12.7. The van der Waals surface area contributed by atoms with E-state index >= 15 is 0 Å². The van der Waals surface area contributed by atoms with Gasteiger partial charge in [0, 0.05) is 17.7 Å². The summed E-state index contributed by atoms with van der Waals surface area (Å²) in [5.41, 5.74) is 7.24. The summed E-state index contributed by atoms with van der Waals surface area (Å²) in [6, 6.07) is 5.46. The molecule has 3 atom stereocenters. The molecule has 2 N–H and O–H groups in total. The maximum absolute atomic E-state index is 5.78. The van der Waals surface area contributed by atoms with Crippen molar-refractivity contribution in [2.24, 2.45) is 11.8 Å². The van der Waals surface area contributed by atoms with Gasteiger partial charge in [-0.3, -0.25) is 0 Å². The molecular formula is C16H19N3O2. The van der Waals surface area contributed by atoms with Gasteiger partial charge in [0.1, 0.15) is 5.75 Å². The lowest BCUT2D eigenvalue weighted by atomic mass is 9.88. The van der Waals surface area contributed by atoms with Gasteiger partial charge in [0.05, 0.1) is 12.7 Å². The molecule has 2 bridgehead atoms. The maximum Gasteiger partial charge on any atom is 0.261 e. The Balaban J connectivity index is 1.65. The summed E-state index contributed by atoms with van der Waals surface area (Å²) in [4.78, 5) is 4.62. The minimum Gasteiger partial charge on any atom is -0.496 e. The molecule has 1 heterocycles. The van der Waals surface area contributed by atoms with Gasteiger partial charge in [0.2, 0.25) is 0 Å². The summed E-state index contributed by atoms with van der Waals surface area (Å²) in [5, 5.41) is 4.22. The van der Waals surface area contributed by atoms with Gasteiger partial charge in [0.25, 0.3) is 5.89 Å². The van der Waals surface area contributed by atoms with Gasteiger partial charge in [-0.25, -0.2) is 0 Å². The minimum absolute atomic E-state index is 0.473. The first-order valence-corrected chi connectivity index (χ1v) is 7.52. The molecule has 2 saturated carbocycles. The lowest BCUT2D eigenvalue weighted by Gasteiger charge is -2.17. The van der Waals surface area contributed by atoms with E-state index in [0.717, 1.165) is 23.2 Å². The van der Waals surface area contributed by atoms with E-state index in [-0.39, 0.29) is 0 Å². The average Bonchev–Trinajstić information content (AvgIpc) is 3.22. The van der Waals surface area contributed by atoms with E-state index < -0.39 is 0 Å². The van der Waals surface area contributed by atoms with Crippen LogP contribution >= 0.6 is 0 Å². The van der Waals surface area contributed by atoms with Crippen LogP contribution in [0.25, 0.3) is 11.5 Å². The second kappa shape index (κ2) is 4.76. The summed E-state index contributed by atoms with van der Waals surface area (Å²) >= 11 is 0. The van der Waals surface area contributed by atoms with E-state index in [0.29, 0.717) is 23.2 Å². The molecular weight excluding hydrogens is 266 g/mol. The number of nitrogens with zero attached hydrogens (tertiary/aromatic N) is 2. The predicted molar refractivity (Wildman–Crippen MR) is 78.9 cm³/mol. The fraction of sp³-hybridized carbons (Fsp3) is 0.500. The number of rotatable bonds is 3. The van der Waals surface area contributed by atoms with E-state index in [1.165, 1.54) is 25.7 Å². The van der Waals surface area contributed by atoms with Crippen LogP contribution in [0.5, 0.6) is 5.75 Å². The Labute approximate surface area is 123 Å². The van der Waals surface area contributed by atoms with Crippen molar-refractivity contribution >= 4 is 5.69 Å². The standard InChI is InChI=1S/C16H19N3O2/c1-20-14-8-11(17)4-5-12(14)16-18-15(19-21-16)13-7-9-2-3-10(13)6-9/h4-5,8-10,13H,2-3,6-7,17H2,1H3. The molecule has 0 aliphatic heterocycles. The maximum atomic E-state index is 5.78. The molecule has 1 aromatic heterocycles. The highest BCUT2D eigenvalue weighted by Gasteiger charge is 2.42. The molecule has 2 aliphatic rings. The van der Waals surface area contributed by atoms with Gasteiger partial charge in [-0.15, -0.1) is 0 Å². The van der Waals surface area contributed by atoms with Gasteiger partial charge < -0.3 is 15.0 Å². The predicted octanol–water partition coefficient (Wildman–Crippen LogP) is 3.23. The van der Waals surface area contributed by atoms with Crippen molar-refractivity contribution in [3.8, 4) is 17.2 Å². The number of hydrogen-bond donors (Lipinski definition) is 1. The fourth-order valence-electron chi connectivity index (χ4n) is 3.94. The van der Waals surface area contributed by atoms with E-state index in [2.05, 4.69) is 10.1 Å². The van der Waals surface area contributed by atoms with Crippen molar-refractivity contribution < 1.29 is 9.26 Å². The van der Waals surface area contributed by atoms with Crippen LogP contribution in [0.1, 0.15) is 37.4 Å². The number of nitrogen functional groups attached to an aromatic ring is 1. The molecule has 3 unspecified atom stereocenters. The monoisotopic (exact) mass is 285 g/mol. The lowest BCUT2D eigenvalue weighted by molar-refractivity contribution is 0.370. The van der Waals surface area contributed by atoms with Gasteiger partial charge in [-0.2, -0.15) is 4.98 Å². The highest BCUT2D eigenvalue weighted by Crippen LogP contribution is 2.52. The Hall–Kier alpha value is -2.04. The van der Waals surface area contributed by atoms with E-state index in [1.807, 2.05) is 12.1 Å². The van der Waals surface area contributed by atoms with Crippen LogP contribution in [-0.4, -0.2) is 17.3 Å². The van der Waals surface area contributed by atoms with Crippen molar-refractivity contribution in [1.82, 2.24) is 10.1 Å². The largest absolute Gasteiger partial charge is 0.496 e. The normalized spacial score (nSPS) is 27.2. The van der Waals surface area contributed by atoms with Gasteiger partial charge in [-0.05, 0) is 43.2 Å². The van der Waals surface area contributed by atoms with Crippen LogP contribution in [0.15, 0.2) is 22.7 Å². The highest BCUT2D eigenvalue weighted by molar-refractivity contribution is 5.66. The third kappa shape index (κ3) is 2.07. The van der Waals surface area contributed by atoms with Crippen LogP contribution in [0.4, 0.5) is 5.69 Å². The molecule has 0 spiro atoms. The number of hydrogen-bond acceptors (Lipinski definition) is 5. The molecule has 4 rings (SSSR count). The molecule has 0 amide bonds. The van der Waals surface area contributed by atoms with E-state index in [9.17, 15) is 0 Å². The summed E-state index contributed by atoms with van der Waals surface area (Å²) in [5.74, 6) is 4.13. The quantitative estimate of drug-likeness (QED) is 0.876. The molecule has 5 nitrogen and oxygen atoms in total. The zero-order chi connectivity index (χ0) is 14.4. The van der Waals surface area contributed by atoms with Crippen LogP contribution in [0.3, 0.4) is 0 Å². The van der Waals surface area contributed by atoms with Gasteiger partial charge >= 0.3 is 0 Å². The Morgan fingerprint density at radius 2 is 2.19 bits per heavy atom. The van der Waals surface area contributed by atoms with Crippen molar-refractivity contribution in [2.75, 3.05) is 12.8 Å². The van der Waals surface area contributed by atoms with Crippen molar-refractivity contribution in [3.63, 3.8) is 0 Å². The SMILES string of the molecule is COc1cc(N)ccc1-c1nc(C2CC3CCC2C3)no1. The zero-order valence-corrected chi connectivity index (χ0v) is 12.1. The van der Waals surface area contributed by atoms with Crippen molar-refractivity contribution in [1.29, 1.82) is 0 Å². The minimum atomic E-state index is 0.473. The number of aromatic nitrogens is 2. The molecule has 110 valence electrons. The zero-order valence-electron chi connectivity index (χ0n) is 12.1. The summed E-state index contributed by atoms with van der Waals surface area (Å²) in [6.45, 7) is 0. The second-order valence-corrected chi connectivity index (χ2v) is 6.20. The Bertz CT molecular complexity index is 667. The summed E-state index contributed by atoms with van der Waals surface area (Å²) < 4.78 is 10.8. The third-order valence-electron chi connectivity index (χ3n) is 4.97. The number of anilines is 1. The first-order valence-electron chi connectivity index (χ1n) is 7.52. The number of nitrogens with two attached hydrogens (primary N) is 1. The lowest BCUT2D eigenvalue weighted by Crippen LogP contribution is -2.09. The van der Waals surface area contributed by atoms with E-state index in [4.69, 9.17) is 15.0 Å². The smallest absolute Gasteiger partial charge is 0.261 e. The number of benzene rings is 1. The van der Waals surface area contributed by atoms with Crippen LogP contribution < -0.4 is 10.5 Å². The second-order valence-electron chi connectivity index (χ2n) is 6.20. The molecule has 5 heteroatoms. The summed E-state index contributed by atoms with van der Waals surface area (Å²) in [7, 11) is 1.62. The molecule has 2 aromatic rings. The molecule has 0 saturated heterocycles. The molecule has 2 aliphatic carbocycles. The fourth-order valence-corrected chi connectivity index (χ4v) is 3.94. The first-order chi connectivity index (χ1) is 10.2. The van der Waals surface area contributed by atoms with Gasteiger partial charge in [-0.1, -0.05) is 11.6 Å². The van der Waals surface area contributed by atoms with Crippen LogP contribution in [0.2, 0.25) is 0 Å². The number of ether oxygens (including phenoxy) is 1. The van der Waals surface area contributed by atoms with Crippen molar-refractivity contribution in [3.05, 3.63) is 24.0 Å². The van der Waals surface area contributed by atoms with Crippen LogP contribution in [-0.2, 0) is 0 Å². The highest BCUT2D eigenvalue weighted by atomic mass is 16.5. The number of fused-ring (bicyclic) bond motifs is 2.